The van der Waals surface area contributed by atoms with E-state index in [2.05, 4.69) is 42.5 Å². The van der Waals surface area contributed by atoms with Crippen LogP contribution in [0.1, 0.15) is 12.8 Å². The van der Waals surface area contributed by atoms with Gasteiger partial charge in [-0.25, -0.2) is 0 Å². The highest BCUT2D eigenvalue weighted by Crippen LogP contribution is 2.24. The minimum absolute atomic E-state index is 0.776. The van der Waals surface area contributed by atoms with Gasteiger partial charge in [0, 0.05) is 10.8 Å². The smallest absolute Gasteiger partial charge is 0.0223 e. The molecule has 2 aromatic rings. The Hall–Kier alpha value is -0.660. The van der Waals surface area contributed by atoms with Gasteiger partial charge in [0.1, 0.15) is 0 Å². The summed E-state index contributed by atoms with van der Waals surface area (Å²) in [5.41, 5.74) is 0. The van der Waals surface area contributed by atoms with E-state index in [0.29, 0.717) is 0 Å². The molecule has 2 heteroatoms. The van der Waals surface area contributed by atoms with E-state index in [1.165, 1.54) is 22.1 Å². The second kappa shape index (κ2) is 6.17. The first-order chi connectivity index (χ1) is 7.90. The first kappa shape index (κ1) is 11.8. The third-order valence-corrected chi connectivity index (χ3v) is 3.86. The van der Waals surface area contributed by atoms with Crippen molar-refractivity contribution in [2.75, 3.05) is 11.6 Å². The molecule has 16 heavy (non-hydrogen) atoms. The van der Waals surface area contributed by atoms with Crippen LogP contribution in [0.5, 0.6) is 0 Å². The summed E-state index contributed by atoms with van der Waals surface area (Å²) in [5, 5.41) is 2.64. The Kier molecular flexibility index (Phi) is 4.55. The summed E-state index contributed by atoms with van der Waals surface area (Å²) in [7, 11) is 0. The van der Waals surface area contributed by atoms with Gasteiger partial charge in [-0.3, -0.25) is 0 Å². The Balaban J connectivity index is 2.02. The molecule has 0 bridgehead atoms. The van der Waals surface area contributed by atoms with Crippen molar-refractivity contribution in [2.45, 2.75) is 17.7 Å². The fourth-order valence-corrected chi connectivity index (χ4v) is 2.79. The van der Waals surface area contributed by atoms with Gasteiger partial charge in [0.15, 0.2) is 0 Å². The molecule has 0 spiro atoms. The van der Waals surface area contributed by atoms with Crippen LogP contribution in [0.15, 0.2) is 47.4 Å². The number of alkyl halides is 1. The van der Waals surface area contributed by atoms with Crippen molar-refractivity contribution in [3.05, 3.63) is 42.5 Å². The fourth-order valence-electron chi connectivity index (χ4n) is 1.64. The van der Waals surface area contributed by atoms with Crippen molar-refractivity contribution in [2.24, 2.45) is 0 Å². The van der Waals surface area contributed by atoms with E-state index in [0.717, 1.165) is 18.1 Å². The highest BCUT2D eigenvalue weighted by atomic mass is 35.5. The van der Waals surface area contributed by atoms with Gasteiger partial charge in [-0.05, 0) is 41.5 Å². The molecule has 0 saturated carbocycles. The minimum Gasteiger partial charge on any atom is -0.127 e. The van der Waals surface area contributed by atoms with E-state index in [4.69, 9.17) is 11.6 Å². The lowest BCUT2D eigenvalue weighted by Gasteiger charge is -2.03. The van der Waals surface area contributed by atoms with Gasteiger partial charge in [0.2, 0.25) is 0 Å². The standard InChI is InChI=1S/C14H15ClS/c15-9-3-4-10-16-14-8-7-12-5-1-2-6-13(12)11-14/h1-2,5-8,11H,3-4,9-10H2. The minimum atomic E-state index is 0.776. The lowest BCUT2D eigenvalue weighted by Crippen LogP contribution is -1.82. The topological polar surface area (TPSA) is 0 Å². The zero-order valence-corrected chi connectivity index (χ0v) is 10.7. The highest BCUT2D eigenvalue weighted by Gasteiger charge is 1.96. The Morgan fingerprint density at radius 2 is 1.75 bits per heavy atom. The summed E-state index contributed by atoms with van der Waals surface area (Å²) < 4.78 is 0. The molecule has 0 atom stereocenters. The van der Waals surface area contributed by atoms with Crippen LogP contribution < -0.4 is 0 Å². The van der Waals surface area contributed by atoms with Gasteiger partial charge in [-0.2, -0.15) is 0 Å². The Morgan fingerprint density at radius 3 is 2.56 bits per heavy atom. The third kappa shape index (κ3) is 3.16. The first-order valence-corrected chi connectivity index (χ1v) is 7.10. The molecule has 0 heterocycles. The zero-order chi connectivity index (χ0) is 11.2. The summed E-state index contributed by atoms with van der Waals surface area (Å²) in [6.07, 6.45) is 2.31. The fraction of sp³-hybridized carbons (Fsp3) is 0.286. The molecule has 0 fully saturated rings. The Bertz CT molecular complexity index is 453. The Morgan fingerprint density at radius 1 is 0.938 bits per heavy atom. The second-order valence-electron chi connectivity index (χ2n) is 3.75. The predicted molar refractivity (Wildman–Crippen MR) is 74.6 cm³/mol. The Labute approximate surface area is 106 Å². The molecule has 0 aliphatic rings. The predicted octanol–water partition coefficient (Wildman–Crippen LogP) is 4.95. The summed E-state index contributed by atoms with van der Waals surface area (Å²) in [5.74, 6) is 1.93. The number of unbranched alkanes of at least 4 members (excludes halogenated alkanes) is 1. The molecular formula is C14H15ClS. The van der Waals surface area contributed by atoms with Crippen molar-refractivity contribution in [3.63, 3.8) is 0 Å². The average Bonchev–Trinajstić information content (AvgIpc) is 2.34. The number of hydrogen-bond donors (Lipinski definition) is 0. The molecule has 2 rings (SSSR count). The van der Waals surface area contributed by atoms with E-state index < -0.39 is 0 Å². The monoisotopic (exact) mass is 250 g/mol. The van der Waals surface area contributed by atoms with Gasteiger partial charge in [0.25, 0.3) is 0 Å². The molecular weight excluding hydrogens is 236 g/mol. The highest BCUT2D eigenvalue weighted by molar-refractivity contribution is 7.99. The van der Waals surface area contributed by atoms with Gasteiger partial charge in [0.05, 0.1) is 0 Å². The number of thioether (sulfide) groups is 1. The van der Waals surface area contributed by atoms with E-state index in [1.807, 2.05) is 11.8 Å². The normalized spacial score (nSPS) is 10.8. The molecule has 0 nitrogen and oxygen atoms in total. The molecule has 0 unspecified atom stereocenters. The second-order valence-corrected chi connectivity index (χ2v) is 5.30. The quantitative estimate of drug-likeness (QED) is 0.411. The number of fused-ring (bicyclic) bond motifs is 1. The molecule has 0 radical (unpaired) electrons. The molecule has 0 saturated heterocycles. The SMILES string of the molecule is ClCCCCSc1ccc2ccccc2c1. The van der Waals surface area contributed by atoms with E-state index in [9.17, 15) is 0 Å². The van der Waals surface area contributed by atoms with E-state index in [1.54, 1.807) is 0 Å². The van der Waals surface area contributed by atoms with Crippen LogP contribution in [-0.2, 0) is 0 Å². The summed E-state index contributed by atoms with van der Waals surface area (Å²) in [6, 6.07) is 15.1. The van der Waals surface area contributed by atoms with Crippen LogP contribution in [0.25, 0.3) is 10.8 Å². The third-order valence-electron chi connectivity index (χ3n) is 2.52. The van der Waals surface area contributed by atoms with Crippen molar-refractivity contribution >= 4 is 34.1 Å². The van der Waals surface area contributed by atoms with Crippen LogP contribution in [0.3, 0.4) is 0 Å². The number of benzene rings is 2. The van der Waals surface area contributed by atoms with Crippen molar-refractivity contribution < 1.29 is 0 Å². The van der Waals surface area contributed by atoms with Gasteiger partial charge >= 0.3 is 0 Å². The number of hydrogen-bond acceptors (Lipinski definition) is 1. The van der Waals surface area contributed by atoms with Gasteiger partial charge in [-0.15, -0.1) is 23.4 Å². The van der Waals surface area contributed by atoms with Crippen LogP contribution in [0, 0.1) is 0 Å². The van der Waals surface area contributed by atoms with E-state index >= 15 is 0 Å². The van der Waals surface area contributed by atoms with Crippen molar-refractivity contribution in [1.82, 2.24) is 0 Å². The first-order valence-electron chi connectivity index (χ1n) is 5.58. The average molecular weight is 251 g/mol. The van der Waals surface area contributed by atoms with Crippen LogP contribution in [0.4, 0.5) is 0 Å². The van der Waals surface area contributed by atoms with E-state index in [-0.39, 0.29) is 0 Å². The molecule has 2 aromatic carbocycles. The lowest BCUT2D eigenvalue weighted by atomic mass is 10.1. The zero-order valence-electron chi connectivity index (χ0n) is 9.16. The molecule has 0 N–H and O–H groups in total. The largest absolute Gasteiger partial charge is 0.127 e. The molecule has 0 amide bonds. The maximum absolute atomic E-state index is 5.65. The molecule has 0 aromatic heterocycles. The summed E-state index contributed by atoms with van der Waals surface area (Å²) in [4.78, 5) is 1.35. The molecule has 84 valence electrons. The summed E-state index contributed by atoms with van der Waals surface area (Å²) >= 11 is 7.57. The van der Waals surface area contributed by atoms with Gasteiger partial charge < -0.3 is 0 Å². The van der Waals surface area contributed by atoms with Gasteiger partial charge in [-0.1, -0.05) is 30.3 Å². The lowest BCUT2D eigenvalue weighted by molar-refractivity contribution is 0.903. The number of rotatable bonds is 5. The maximum Gasteiger partial charge on any atom is 0.0223 e. The maximum atomic E-state index is 5.65. The molecule has 0 aliphatic carbocycles. The number of halogens is 1. The van der Waals surface area contributed by atoms with Crippen LogP contribution in [0.2, 0.25) is 0 Å². The van der Waals surface area contributed by atoms with Crippen LogP contribution >= 0.6 is 23.4 Å². The van der Waals surface area contributed by atoms with Crippen molar-refractivity contribution in [1.29, 1.82) is 0 Å². The molecule has 0 aliphatic heterocycles. The van der Waals surface area contributed by atoms with Crippen molar-refractivity contribution in [3.8, 4) is 0 Å². The summed E-state index contributed by atoms with van der Waals surface area (Å²) in [6.45, 7) is 0. The van der Waals surface area contributed by atoms with Crippen LogP contribution in [-0.4, -0.2) is 11.6 Å².